The average Bonchev–Trinajstić information content (AvgIpc) is 3.36. The first-order valence-electron chi connectivity index (χ1n) is 12.0. The molecule has 224 valence electrons. The number of amides is 1. The number of aryl methyl sites for hydroxylation is 1. The summed E-state index contributed by atoms with van der Waals surface area (Å²) in [4.78, 5) is 27.4. The van der Waals surface area contributed by atoms with Crippen LogP contribution in [0.2, 0.25) is 0 Å². The predicted molar refractivity (Wildman–Crippen MR) is 135 cm³/mol. The molecule has 18 heteroatoms. The number of rotatable bonds is 9. The van der Waals surface area contributed by atoms with Gasteiger partial charge in [-0.25, -0.2) is 22.6 Å². The smallest absolute Gasteiger partial charge is 0.510 e. The van der Waals surface area contributed by atoms with Crippen LogP contribution in [-0.2, 0) is 35.3 Å². The Labute approximate surface area is 236 Å². The third-order valence-corrected chi connectivity index (χ3v) is 7.34. The van der Waals surface area contributed by atoms with Crippen molar-refractivity contribution in [2.45, 2.75) is 18.0 Å². The number of methoxy groups -OCH3 is 1. The Hall–Kier alpha value is -4.87. The lowest BCUT2D eigenvalue weighted by atomic mass is 10.0. The van der Waals surface area contributed by atoms with Gasteiger partial charge in [-0.05, 0) is 37.3 Å². The molecule has 0 spiro atoms. The van der Waals surface area contributed by atoms with E-state index >= 15 is 0 Å². The normalized spacial score (nSPS) is 14.2. The molecular weight excluding hydrogens is 589 g/mol. The molecule has 1 fully saturated rings. The molecule has 4 rings (SSSR count). The number of ether oxygens (including phenoxy) is 2. The molecule has 1 aliphatic rings. The fourth-order valence-electron chi connectivity index (χ4n) is 3.71. The minimum Gasteiger partial charge on any atom is -0.569 e. The number of halogens is 3. The Bertz CT molecular complexity index is 1590. The second-order valence-electron chi connectivity index (χ2n) is 8.90. The van der Waals surface area contributed by atoms with E-state index in [1.807, 2.05) is 11.6 Å². The van der Waals surface area contributed by atoms with E-state index < -0.39 is 46.7 Å². The van der Waals surface area contributed by atoms with Gasteiger partial charge in [0.05, 0.1) is 47.4 Å². The van der Waals surface area contributed by atoms with Crippen molar-refractivity contribution in [2.75, 3.05) is 27.0 Å². The van der Waals surface area contributed by atoms with Gasteiger partial charge in [0.2, 0.25) is 11.2 Å². The summed E-state index contributed by atoms with van der Waals surface area (Å²) in [5.41, 5.74) is 0.541. The van der Waals surface area contributed by atoms with E-state index in [-0.39, 0.29) is 34.3 Å². The number of nitrogens with zero attached hydrogens (tertiary/aromatic N) is 5. The number of carbonyl (C=O) groups is 2. The quantitative estimate of drug-likeness (QED) is 0.0947. The third kappa shape index (κ3) is 6.88. The predicted octanol–water partition coefficient (Wildman–Crippen LogP) is 3.15. The van der Waals surface area contributed by atoms with E-state index in [9.17, 15) is 36.4 Å². The molecule has 1 saturated heterocycles. The van der Waals surface area contributed by atoms with E-state index in [2.05, 4.69) is 24.7 Å². The third-order valence-electron chi connectivity index (χ3n) is 5.97. The van der Waals surface area contributed by atoms with Crippen molar-refractivity contribution in [3.63, 3.8) is 0 Å². The summed E-state index contributed by atoms with van der Waals surface area (Å²) in [5, 5.41) is 19.6. The van der Waals surface area contributed by atoms with Crippen LogP contribution in [0.4, 0.5) is 18.0 Å². The zero-order chi connectivity index (χ0) is 30.7. The maximum absolute atomic E-state index is 13.4. The van der Waals surface area contributed by atoms with Crippen LogP contribution in [-0.4, -0.2) is 67.2 Å². The van der Waals surface area contributed by atoms with Crippen molar-refractivity contribution in [1.82, 2.24) is 19.5 Å². The molecule has 0 atom stereocenters. The van der Waals surface area contributed by atoms with Gasteiger partial charge in [0, 0.05) is 5.56 Å². The Morgan fingerprint density at radius 3 is 2.38 bits per heavy atom. The number of aromatic nitrogens is 2. The molecule has 0 aliphatic carbocycles. The van der Waals surface area contributed by atoms with Gasteiger partial charge in [0.15, 0.2) is 5.69 Å². The lowest BCUT2D eigenvalue weighted by molar-refractivity contribution is -0.726. The van der Waals surface area contributed by atoms with E-state index in [1.54, 1.807) is 24.3 Å². The molecule has 0 unspecified atom stereocenters. The molecule has 1 amide bonds. The number of hydrogen-bond donors (Lipinski definition) is 1. The van der Waals surface area contributed by atoms with Crippen molar-refractivity contribution in [3.05, 3.63) is 71.1 Å². The van der Waals surface area contributed by atoms with E-state index in [4.69, 9.17) is 0 Å². The van der Waals surface area contributed by atoms with Crippen LogP contribution >= 0.6 is 0 Å². The van der Waals surface area contributed by atoms with Crippen LogP contribution in [0.5, 0.6) is 0 Å². The summed E-state index contributed by atoms with van der Waals surface area (Å²) in [5.74, 6) is -1.76. The summed E-state index contributed by atoms with van der Waals surface area (Å²) in [7, 11) is -3.29. The molecule has 1 aliphatic heterocycles. The van der Waals surface area contributed by atoms with Crippen LogP contribution in [0.3, 0.4) is 0 Å². The van der Waals surface area contributed by atoms with Crippen LogP contribution in [0, 0.1) is 18.0 Å². The molecule has 1 N–H and O–H groups in total. The number of alkyl halides is 3. The molecule has 0 saturated carbocycles. The first kappa shape index (κ1) is 30.1. The van der Waals surface area contributed by atoms with Crippen LogP contribution < -0.4 is 4.72 Å². The molecule has 3 aromatic rings. The average molecular weight is 613 g/mol. The number of hydrogen-bond acceptors (Lipinski definition) is 10. The Morgan fingerprint density at radius 2 is 1.79 bits per heavy atom. The molecule has 0 radical (unpaired) electrons. The number of benzene rings is 2. The first-order chi connectivity index (χ1) is 19.8. The van der Waals surface area contributed by atoms with Gasteiger partial charge in [0.1, 0.15) is 0 Å². The largest absolute Gasteiger partial charge is 0.569 e. The highest BCUT2D eigenvalue weighted by Crippen LogP contribution is 2.33. The number of sulfonamides is 1. The number of carbonyl (C=O) groups excluding carboxylic acids is 2. The number of hydrazine groups is 1. The van der Waals surface area contributed by atoms with Crippen molar-refractivity contribution < 1.29 is 50.5 Å². The van der Waals surface area contributed by atoms with E-state index in [1.165, 1.54) is 12.1 Å². The molecule has 2 heterocycles. The summed E-state index contributed by atoms with van der Waals surface area (Å²) in [6, 6.07) is 12.4. The monoisotopic (exact) mass is 612 g/mol. The molecule has 0 bridgehead atoms. The molecule has 42 heavy (non-hydrogen) atoms. The second kappa shape index (κ2) is 11.9. The fourth-order valence-corrected chi connectivity index (χ4v) is 4.75. The Balaban J connectivity index is 1.42. The van der Waals surface area contributed by atoms with Crippen molar-refractivity contribution >= 4 is 22.1 Å². The van der Waals surface area contributed by atoms with Gasteiger partial charge in [0.25, 0.3) is 16.8 Å². The van der Waals surface area contributed by atoms with Gasteiger partial charge >= 0.3 is 12.3 Å². The van der Waals surface area contributed by atoms with Gasteiger partial charge in [-0.3, -0.25) is 4.79 Å². The number of nitrogens with one attached hydrogen (secondary N) is 1. The van der Waals surface area contributed by atoms with Gasteiger partial charge < -0.3 is 19.5 Å². The molecule has 1 aromatic heterocycles. The first-order valence-corrected chi connectivity index (χ1v) is 13.4. The minimum absolute atomic E-state index is 0.00198. The zero-order valence-electron chi connectivity index (χ0n) is 21.9. The molecule has 2 aromatic carbocycles. The van der Waals surface area contributed by atoms with Gasteiger partial charge in [-0.1, -0.05) is 29.8 Å². The second-order valence-corrected chi connectivity index (χ2v) is 10.6. The van der Waals surface area contributed by atoms with Crippen LogP contribution in [0.1, 0.15) is 11.3 Å². The van der Waals surface area contributed by atoms with E-state index in [0.29, 0.717) is 5.56 Å². The van der Waals surface area contributed by atoms with Gasteiger partial charge in [-0.2, -0.15) is 18.3 Å². The van der Waals surface area contributed by atoms with E-state index in [0.717, 1.165) is 40.6 Å². The summed E-state index contributed by atoms with van der Waals surface area (Å²) >= 11 is 0. The van der Waals surface area contributed by atoms with Crippen molar-refractivity contribution in [1.29, 1.82) is 0 Å². The fraction of sp³-hybridized carbons (Fsp3) is 0.292. The SMILES string of the molecule is COC(=O)OCO/N=[N+](/[O-])N1CC(C(=O)NS(=O)(=O)c2ccc(-n3nc(C(F)(F)F)cc3-c3ccc(C)cc3)cc2)C1. The highest BCUT2D eigenvalue weighted by Gasteiger charge is 2.40. The zero-order valence-corrected chi connectivity index (χ0v) is 22.8. The summed E-state index contributed by atoms with van der Waals surface area (Å²) < 4.78 is 77.4. The summed E-state index contributed by atoms with van der Waals surface area (Å²) in [6.45, 7) is 0.768. The molecular formula is C24H23F3N6O8S. The van der Waals surface area contributed by atoms with Crippen molar-refractivity contribution in [3.8, 4) is 16.9 Å². The van der Waals surface area contributed by atoms with Crippen LogP contribution in [0.15, 0.2) is 64.8 Å². The minimum atomic E-state index is -4.71. The van der Waals surface area contributed by atoms with Crippen molar-refractivity contribution in [2.24, 2.45) is 11.2 Å². The maximum atomic E-state index is 13.4. The highest BCUT2D eigenvalue weighted by atomic mass is 32.2. The lowest BCUT2D eigenvalue weighted by Crippen LogP contribution is -2.56. The topological polar surface area (TPSA) is 167 Å². The summed E-state index contributed by atoms with van der Waals surface area (Å²) in [6.07, 6.45) is -5.76. The maximum Gasteiger partial charge on any atom is 0.510 e. The lowest BCUT2D eigenvalue weighted by Gasteiger charge is -2.32. The Morgan fingerprint density at radius 1 is 1.14 bits per heavy atom. The van der Waals surface area contributed by atoms with Gasteiger partial charge in [-0.15, -0.1) is 5.01 Å². The Kier molecular flexibility index (Phi) is 8.55. The highest BCUT2D eigenvalue weighted by molar-refractivity contribution is 7.90. The standard InChI is InChI=1S/C24H23F3N6O8S/c1-15-3-5-16(6-4-15)20-11-21(24(25,26)27)28-32(20)18-7-9-19(10-8-18)42(37,38)29-22(34)17-12-31(13-17)33(36)30-41-14-40-23(35)39-2/h3-11,17H,12-14H2,1-2H3,(H,29,34)/b33-30+. The van der Waals surface area contributed by atoms with Crippen LogP contribution in [0.25, 0.3) is 16.9 Å². The molecule has 14 nitrogen and oxygen atoms in total.